The average molecular weight is 371 g/mol. The fourth-order valence-corrected chi connectivity index (χ4v) is 3.72. The van der Waals surface area contributed by atoms with E-state index in [0.717, 1.165) is 36.5 Å². The van der Waals surface area contributed by atoms with Gasteiger partial charge in [0.25, 0.3) is 0 Å². The zero-order valence-corrected chi connectivity index (χ0v) is 15.2. The number of hydrogen-bond donors (Lipinski definition) is 2. The van der Waals surface area contributed by atoms with Gasteiger partial charge in [-0.2, -0.15) is 0 Å². The van der Waals surface area contributed by atoms with Gasteiger partial charge in [0.05, 0.1) is 31.6 Å². The SMILES string of the molecule is O=C(Nc1ccc(-c2ccco2)cc1)N1CCCN([C@@H]2COC[C@H]2O)CC1. The number of furan rings is 1. The first-order valence-electron chi connectivity index (χ1n) is 9.40. The number of nitrogens with one attached hydrogen (secondary N) is 1. The van der Waals surface area contributed by atoms with Crippen LogP contribution in [-0.2, 0) is 4.74 Å². The van der Waals surface area contributed by atoms with E-state index in [1.165, 1.54) is 0 Å². The lowest BCUT2D eigenvalue weighted by Gasteiger charge is -2.28. The number of carbonyl (C=O) groups excluding carboxylic acids is 1. The Balaban J connectivity index is 1.33. The number of carbonyl (C=O) groups is 1. The monoisotopic (exact) mass is 371 g/mol. The number of anilines is 1. The Morgan fingerprint density at radius 2 is 1.93 bits per heavy atom. The maximum Gasteiger partial charge on any atom is 0.321 e. The van der Waals surface area contributed by atoms with E-state index in [2.05, 4.69) is 10.2 Å². The van der Waals surface area contributed by atoms with Crippen molar-refractivity contribution >= 4 is 11.7 Å². The van der Waals surface area contributed by atoms with Gasteiger partial charge in [-0.05, 0) is 42.8 Å². The quantitative estimate of drug-likeness (QED) is 0.865. The molecule has 7 heteroatoms. The summed E-state index contributed by atoms with van der Waals surface area (Å²) < 4.78 is 10.7. The fraction of sp³-hybridized carbons (Fsp3) is 0.450. The van der Waals surface area contributed by atoms with E-state index in [1.54, 1.807) is 6.26 Å². The van der Waals surface area contributed by atoms with Gasteiger partial charge in [-0.15, -0.1) is 0 Å². The summed E-state index contributed by atoms with van der Waals surface area (Å²) in [5, 5.41) is 13.0. The van der Waals surface area contributed by atoms with Crippen molar-refractivity contribution in [3.8, 4) is 11.3 Å². The van der Waals surface area contributed by atoms with Gasteiger partial charge in [0.15, 0.2) is 0 Å². The van der Waals surface area contributed by atoms with Crippen LogP contribution in [0.15, 0.2) is 47.1 Å². The zero-order valence-electron chi connectivity index (χ0n) is 15.2. The van der Waals surface area contributed by atoms with Crippen molar-refractivity contribution < 1.29 is 19.1 Å². The van der Waals surface area contributed by atoms with Crippen LogP contribution in [0.25, 0.3) is 11.3 Å². The van der Waals surface area contributed by atoms with Crippen LogP contribution in [0.1, 0.15) is 6.42 Å². The molecule has 2 fully saturated rings. The van der Waals surface area contributed by atoms with Crippen LogP contribution < -0.4 is 5.32 Å². The smallest absolute Gasteiger partial charge is 0.321 e. The number of benzene rings is 1. The van der Waals surface area contributed by atoms with Crippen LogP contribution >= 0.6 is 0 Å². The molecule has 2 amide bonds. The highest BCUT2D eigenvalue weighted by Crippen LogP contribution is 2.22. The lowest BCUT2D eigenvalue weighted by molar-refractivity contribution is 0.0845. The normalized spacial score (nSPS) is 24.0. The third kappa shape index (κ3) is 4.16. The highest BCUT2D eigenvalue weighted by molar-refractivity contribution is 5.89. The molecule has 2 saturated heterocycles. The molecule has 4 rings (SSSR count). The van der Waals surface area contributed by atoms with Crippen molar-refractivity contribution in [1.29, 1.82) is 0 Å². The Labute approximate surface area is 158 Å². The molecule has 0 aliphatic carbocycles. The molecular weight excluding hydrogens is 346 g/mol. The highest BCUT2D eigenvalue weighted by atomic mass is 16.5. The van der Waals surface area contributed by atoms with Crippen LogP contribution in [0.4, 0.5) is 10.5 Å². The molecule has 0 bridgehead atoms. The molecule has 2 aliphatic heterocycles. The van der Waals surface area contributed by atoms with E-state index in [-0.39, 0.29) is 12.1 Å². The van der Waals surface area contributed by atoms with E-state index < -0.39 is 6.10 Å². The molecule has 1 aromatic carbocycles. The Bertz CT molecular complexity index is 747. The molecular formula is C20H25N3O4. The largest absolute Gasteiger partial charge is 0.464 e. The third-order valence-corrected chi connectivity index (χ3v) is 5.25. The summed E-state index contributed by atoms with van der Waals surface area (Å²) in [7, 11) is 0. The maximum absolute atomic E-state index is 12.6. The summed E-state index contributed by atoms with van der Waals surface area (Å²) in [6, 6.07) is 11.3. The standard InChI is InChI=1S/C20H25N3O4/c24-18-14-26-13-17(18)22-8-2-9-23(11-10-22)20(25)21-16-6-4-15(5-7-16)19-3-1-12-27-19/h1,3-7,12,17-18,24H,2,8-11,13-14H2,(H,21,25)/t17-,18-/m1/s1. The number of urea groups is 1. The molecule has 0 unspecified atom stereocenters. The molecule has 2 atom stereocenters. The van der Waals surface area contributed by atoms with Crippen molar-refractivity contribution in [2.75, 3.05) is 44.7 Å². The Morgan fingerprint density at radius 1 is 1.07 bits per heavy atom. The second kappa shape index (κ2) is 8.12. The van der Waals surface area contributed by atoms with E-state index in [0.29, 0.717) is 26.3 Å². The Morgan fingerprint density at radius 3 is 2.63 bits per heavy atom. The number of ether oxygens (including phenoxy) is 1. The molecule has 144 valence electrons. The van der Waals surface area contributed by atoms with Crippen molar-refractivity contribution in [3.63, 3.8) is 0 Å². The number of aliphatic hydroxyl groups excluding tert-OH is 1. The van der Waals surface area contributed by atoms with Crippen LogP contribution in [0.3, 0.4) is 0 Å². The topological polar surface area (TPSA) is 78.2 Å². The average Bonchev–Trinajstić information content (AvgIpc) is 3.29. The zero-order chi connectivity index (χ0) is 18.6. The van der Waals surface area contributed by atoms with Crippen molar-refractivity contribution in [2.24, 2.45) is 0 Å². The van der Waals surface area contributed by atoms with Crippen molar-refractivity contribution in [1.82, 2.24) is 9.80 Å². The highest BCUT2D eigenvalue weighted by Gasteiger charge is 2.33. The van der Waals surface area contributed by atoms with Gasteiger partial charge >= 0.3 is 6.03 Å². The van der Waals surface area contributed by atoms with Gasteiger partial charge in [0, 0.05) is 37.4 Å². The van der Waals surface area contributed by atoms with Gasteiger partial charge in [-0.1, -0.05) is 0 Å². The number of amides is 2. The first-order valence-corrected chi connectivity index (χ1v) is 9.40. The molecule has 0 radical (unpaired) electrons. The number of aliphatic hydroxyl groups is 1. The molecule has 0 spiro atoms. The van der Waals surface area contributed by atoms with Gasteiger partial charge < -0.3 is 24.5 Å². The van der Waals surface area contributed by atoms with E-state index >= 15 is 0 Å². The minimum Gasteiger partial charge on any atom is -0.464 e. The molecule has 2 N–H and O–H groups in total. The molecule has 27 heavy (non-hydrogen) atoms. The van der Waals surface area contributed by atoms with E-state index in [4.69, 9.17) is 9.15 Å². The Kier molecular flexibility index (Phi) is 5.42. The van der Waals surface area contributed by atoms with Gasteiger partial charge in [0.2, 0.25) is 0 Å². The molecule has 3 heterocycles. The van der Waals surface area contributed by atoms with Gasteiger partial charge in [-0.3, -0.25) is 4.90 Å². The van der Waals surface area contributed by atoms with Crippen LogP contribution in [0.2, 0.25) is 0 Å². The second-order valence-corrected chi connectivity index (χ2v) is 7.03. The maximum atomic E-state index is 12.6. The molecule has 0 saturated carbocycles. The minimum absolute atomic E-state index is 0.0437. The lowest BCUT2D eigenvalue weighted by atomic mass is 10.1. The summed E-state index contributed by atoms with van der Waals surface area (Å²) in [6.07, 6.45) is 2.09. The Hall–Kier alpha value is -2.35. The number of rotatable bonds is 3. The molecule has 1 aromatic heterocycles. The molecule has 2 aromatic rings. The van der Waals surface area contributed by atoms with Crippen molar-refractivity contribution in [2.45, 2.75) is 18.6 Å². The summed E-state index contributed by atoms with van der Waals surface area (Å²) in [5.74, 6) is 0.804. The first-order chi connectivity index (χ1) is 13.2. The fourth-order valence-electron chi connectivity index (χ4n) is 3.72. The van der Waals surface area contributed by atoms with E-state index in [9.17, 15) is 9.90 Å². The predicted molar refractivity (Wildman–Crippen MR) is 102 cm³/mol. The summed E-state index contributed by atoms with van der Waals surface area (Å²) in [4.78, 5) is 16.7. The summed E-state index contributed by atoms with van der Waals surface area (Å²) >= 11 is 0. The van der Waals surface area contributed by atoms with Crippen molar-refractivity contribution in [3.05, 3.63) is 42.7 Å². The summed E-state index contributed by atoms with van der Waals surface area (Å²) in [5.41, 5.74) is 1.73. The number of hydrogen-bond acceptors (Lipinski definition) is 5. The van der Waals surface area contributed by atoms with Crippen LogP contribution in [0, 0.1) is 0 Å². The summed E-state index contributed by atoms with van der Waals surface area (Å²) in [6.45, 7) is 3.92. The first kappa shape index (κ1) is 18.0. The second-order valence-electron chi connectivity index (χ2n) is 7.03. The van der Waals surface area contributed by atoms with Crippen LogP contribution in [-0.4, -0.2) is 72.5 Å². The van der Waals surface area contributed by atoms with E-state index in [1.807, 2.05) is 41.3 Å². The van der Waals surface area contributed by atoms with Gasteiger partial charge in [0.1, 0.15) is 5.76 Å². The van der Waals surface area contributed by atoms with Gasteiger partial charge in [-0.25, -0.2) is 4.79 Å². The number of nitrogens with zero attached hydrogens (tertiary/aromatic N) is 2. The van der Waals surface area contributed by atoms with Crippen LogP contribution in [0.5, 0.6) is 0 Å². The minimum atomic E-state index is -0.432. The predicted octanol–water partition coefficient (Wildman–Crippen LogP) is 2.25. The molecule has 2 aliphatic rings. The molecule has 7 nitrogen and oxygen atoms in total. The lowest BCUT2D eigenvalue weighted by Crippen LogP contribution is -2.45. The third-order valence-electron chi connectivity index (χ3n) is 5.25.